The summed E-state index contributed by atoms with van der Waals surface area (Å²) in [6.07, 6.45) is 1.50. The molecule has 0 bridgehead atoms. The molecule has 212 valence electrons. The quantitative estimate of drug-likeness (QED) is 0.299. The third kappa shape index (κ3) is 7.52. The van der Waals surface area contributed by atoms with Crippen molar-refractivity contribution in [3.63, 3.8) is 0 Å². The Kier molecular flexibility index (Phi) is 9.41. The maximum absolute atomic E-state index is 13.1. The van der Waals surface area contributed by atoms with Gasteiger partial charge >= 0.3 is 0 Å². The smallest absolute Gasteiger partial charge is 0.294 e. The fraction of sp³-hybridized carbons (Fsp3) is 0.200. The van der Waals surface area contributed by atoms with Gasteiger partial charge in [-0.25, -0.2) is 4.39 Å². The highest BCUT2D eigenvalue weighted by Crippen LogP contribution is 2.34. The van der Waals surface area contributed by atoms with Crippen molar-refractivity contribution >= 4 is 52.2 Å². The minimum atomic E-state index is -0.619. The first kappa shape index (κ1) is 29.3. The van der Waals surface area contributed by atoms with Crippen molar-refractivity contribution in [1.82, 2.24) is 4.90 Å². The lowest BCUT2D eigenvalue weighted by atomic mass is 10.0. The van der Waals surface area contributed by atoms with E-state index in [4.69, 9.17) is 9.47 Å². The van der Waals surface area contributed by atoms with Gasteiger partial charge in [0.2, 0.25) is 5.91 Å². The zero-order valence-corrected chi connectivity index (χ0v) is 23.4. The number of thioether (sulfide) groups is 1. The van der Waals surface area contributed by atoms with E-state index < -0.39 is 29.4 Å². The van der Waals surface area contributed by atoms with Gasteiger partial charge < -0.3 is 20.1 Å². The SMILES string of the molecule is COc1cc(/C=C2\SC(=O)N(CC(=O)Nc3ccc(F)cc3)C2=O)ccc1OCC(=O)Nc1ccccc1C(C)C. The average Bonchev–Trinajstić information content (AvgIpc) is 3.20. The largest absolute Gasteiger partial charge is 0.493 e. The summed E-state index contributed by atoms with van der Waals surface area (Å²) in [4.78, 5) is 51.2. The molecule has 0 spiro atoms. The summed E-state index contributed by atoms with van der Waals surface area (Å²) in [6.45, 7) is 3.35. The number of amides is 4. The fourth-order valence-corrected chi connectivity index (χ4v) is 4.84. The molecule has 4 rings (SSSR count). The van der Waals surface area contributed by atoms with Crippen LogP contribution < -0.4 is 20.1 Å². The Morgan fingerprint density at radius 1 is 0.976 bits per heavy atom. The van der Waals surface area contributed by atoms with Crippen LogP contribution in [0.2, 0.25) is 0 Å². The molecule has 1 aliphatic heterocycles. The van der Waals surface area contributed by atoms with Gasteiger partial charge in [-0.3, -0.25) is 24.1 Å². The second-order valence-corrected chi connectivity index (χ2v) is 10.3. The highest BCUT2D eigenvalue weighted by atomic mass is 32.2. The lowest BCUT2D eigenvalue weighted by Crippen LogP contribution is -2.36. The van der Waals surface area contributed by atoms with Crippen LogP contribution in [0.25, 0.3) is 6.08 Å². The van der Waals surface area contributed by atoms with Crippen molar-refractivity contribution in [2.75, 3.05) is 30.9 Å². The van der Waals surface area contributed by atoms with E-state index >= 15 is 0 Å². The Balaban J connectivity index is 1.38. The van der Waals surface area contributed by atoms with Gasteiger partial charge in [-0.15, -0.1) is 0 Å². The number of carbonyl (C=O) groups excluding carboxylic acids is 4. The van der Waals surface area contributed by atoms with Crippen molar-refractivity contribution in [2.24, 2.45) is 0 Å². The van der Waals surface area contributed by atoms with E-state index in [2.05, 4.69) is 10.6 Å². The number of anilines is 2. The monoisotopic (exact) mass is 577 g/mol. The third-order valence-corrected chi connectivity index (χ3v) is 6.91. The minimum Gasteiger partial charge on any atom is -0.493 e. The van der Waals surface area contributed by atoms with Crippen LogP contribution in [-0.4, -0.2) is 48.1 Å². The number of nitrogens with one attached hydrogen (secondary N) is 2. The number of methoxy groups -OCH3 is 1. The molecule has 41 heavy (non-hydrogen) atoms. The van der Waals surface area contributed by atoms with Crippen molar-refractivity contribution in [2.45, 2.75) is 19.8 Å². The average molecular weight is 578 g/mol. The molecule has 1 heterocycles. The Morgan fingerprint density at radius 2 is 1.71 bits per heavy atom. The summed E-state index contributed by atoms with van der Waals surface area (Å²) in [7, 11) is 1.44. The molecule has 11 heteroatoms. The van der Waals surface area contributed by atoms with Crippen LogP contribution in [0.3, 0.4) is 0 Å². The summed E-state index contributed by atoms with van der Waals surface area (Å²) in [5.74, 6) is -1.12. The second-order valence-electron chi connectivity index (χ2n) is 9.31. The van der Waals surface area contributed by atoms with E-state index in [0.29, 0.717) is 34.5 Å². The summed E-state index contributed by atoms with van der Waals surface area (Å²) in [6, 6.07) is 17.5. The van der Waals surface area contributed by atoms with Gasteiger partial charge in [0.05, 0.1) is 12.0 Å². The highest BCUT2D eigenvalue weighted by Gasteiger charge is 2.36. The fourth-order valence-electron chi connectivity index (χ4n) is 4.00. The molecule has 1 aliphatic rings. The highest BCUT2D eigenvalue weighted by molar-refractivity contribution is 8.18. The molecule has 9 nitrogen and oxygen atoms in total. The lowest BCUT2D eigenvalue weighted by molar-refractivity contribution is -0.127. The van der Waals surface area contributed by atoms with Gasteiger partial charge in [0.25, 0.3) is 17.1 Å². The van der Waals surface area contributed by atoms with E-state index in [1.807, 2.05) is 38.1 Å². The molecule has 2 N–H and O–H groups in total. The molecule has 3 aromatic carbocycles. The molecular weight excluding hydrogens is 549 g/mol. The van der Waals surface area contributed by atoms with Crippen molar-refractivity contribution in [3.8, 4) is 11.5 Å². The van der Waals surface area contributed by atoms with Gasteiger partial charge in [0.1, 0.15) is 12.4 Å². The molecule has 4 amide bonds. The predicted molar refractivity (Wildman–Crippen MR) is 155 cm³/mol. The van der Waals surface area contributed by atoms with Crippen LogP contribution in [0, 0.1) is 5.82 Å². The van der Waals surface area contributed by atoms with E-state index in [9.17, 15) is 23.6 Å². The van der Waals surface area contributed by atoms with Crippen molar-refractivity contribution in [1.29, 1.82) is 0 Å². The molecule has 0 saturated carbocycles. The lowest BCUT2D eigenvalue weighted by Gasteiger charge is -2.15. The maximum Gasteiger partial charge on any atom is 0.294 e. The normalized spacial score (nSPS) is 14.0. The molecule has 0 aliphatic carbocycles. The number of rotatable bonds is 10. The number of nitrogens with zero attached hydrogens (tertiary/aromatic N) is 1. The summed E-state index contributed by atoms with van der Waals surface area (Å²) < 4.78 is 24.2. The van der Waals surface area contributed by atoms with E-state index in [1.54, 1.807) is 18.2 Å². The van der Waals surface area contributed by atoms with Gasteiger partial charge in [0.15, 0.2) is 18.1 Å². The molecule has 1 fully saturated rings. The standard InChI is InChI=1S/C30H28FN3O6S/c1-18(2)22-6-4-5-7-23(22)33-28(36)17-40-24-13-8-19(14-25(24)39-3)15-26-29(37)34(30(38)41-26)16-27(35)32-21-11-9-20(31)10-12-21/h4-15,18H,16-17H2,1-3H3,(H,32,35)(H,33,36)/b26-15-. The van der Waals surface area contributed by atoms with Crippen LogP contribution in [0.5, 0.6) is 11.5 Å². The Bertz CT molecular complexity index is 1510. The van der Waals surface area contributed by atoms with E-state index in [-0.39, 0.29) is 23.3 Å². The summed E-state index contributed by atoms with van der Waals surface area (Å²) >= 11 is 0.707. The van der Waals surface area contributed by atoms with Crippen LogP contribution >= 0.6 is 11.8 Å². The predicted octanol–water partition coefficient (Wildman–Crippen LogP) is 5.65. The molecule has 0 atom stereocenters. The first-order valence-corrected chi connectivity index (χ1v) is 13.5. The van der Waals surface area contributed by atoms with Gasteiger partial charge in [-0.2, -0.15) is 0 Å². The second kappa shape index (κ2) is 13.1. The number of para-hydroxylation sites is 1. The Hall–Kier alpha value is -4.64. The number of carbonyl (C=O) groups is 4. The van der Waals surface area contributed by atoms with E-state index in [0.717, 1.165) is 16.2 Å². The molecule has 0 unspecified atom stereocenters. The number of hydrogen-bond acceptors (Lipinski definition) is 7. The number of hydrogen-bond donors (Lipinski definition) is 2. The zero-order chi connectivity index (χ0) is 29.5. The number of imide groups is 1. The van der Waals surface area contributed by atoms with Crippen molar-refractivity contribution in [3.05, 3.63) is 88.6 Å². The zero-order valence-electron chi connectivity index (χ0n) is 22.6. The molecule has 1 saturated heterocycles. The molecular formula is C30H28FN3O6S. The molecule has 3 aromatic rings. The molecule has 0 radical (unpaired) electrons. The van der Waals surface area contributed by atoms with E-state index in [1.165, 1.54) is 37.5 Å². The first-order valence-electron chi connectivity index (χ1n) is 12.6. The van der Waals surface area contributed by atoms with Crippen LogP contribution in [-0.2, 0) is 14.4 Å². The van der Waals surface area contributed by atoms with Gasteiger partial charge in [-0.05, 0) is 77.3 Å². The number of benzene rings is 3. The maximum atomic E-state index is 13.1. The number of ether oxygens (including phenoxy) is 2. The van der Waals surface area contributed by atoms with Crippen LogP contribution in [0.1, 0.15) is 30.9 Å². The minimum absolute atomic E-state index is 0.128. The topological polar surface area (TPSA) is 114 Å². The Morgan fingerprint density at radius 3 is 2.41 bits per heavy atom. The summed E-state index contributed by atoms with van der Waals surface area (Å²) in [5.41, 5.74) is 2.62. The first-order chi connectivity index (χ1) is 19.6. The Labute approximate surface area is 240 Å². The summed E-state index contributed by atoms with van der Waals surface area (Å²) in [5, 5.41) is 4.80. The van der Waals surface area contributed by atoms with Crippen LogP contribution in [0.15, 0.2) is 71.6 Å². The molecule has 0 aromatic heterocycles. The van der Waals surface area contributed by atoms with Gasteiger partial charge in [0, 0.05) is 11.4 Å². The van der Waals surface area contributed by atoms with Crippen molar-refractivity contribution < 1.29 is 33.0 Å². The number of halogens is 1. The van der Waals surface area contributed by atoms with Crippen LogP contribution in [0.4, 0.5) is 20.6 Å². The third-order valence-electron chi connectivity index (χ3n) is 6.00. The van der Waals surface area contributed by atoms with Gasteiger partial charge in [-0.1, -0.05) is 38.1 Å².